The van der Waals surface area contributed by atoms with Crippen LogP contribution in [0.5, 0.6) is 0 Å². The van der Waals surface area contributed by atoms with E-state index in [0.29, 0.717) is 41.9 Å². The molecular weight excluding hydrogens is 303 g/mol. The van der Waals surface area contributed by atoms with Crippen LogP contribution in [0.4, 0.5) is 5.69 Å². The molecular formula is C13H16Cl2N2O3. The molecule has 0 aliphatic rings. The molecule has 0 saturated carbocycles. The van der Waals surface area contributed by atoms with E-state index in [0.717, 1.165) is 0 Å². The number of benzene rings is 1. The third-order valence-electron chi connectivity index (χ3n) is 2.34. The van der Waals surface area contributed by atoms with Gasteiger partial charge in [-0.25, -0.2) is 0 Å². The Morgan fingerprint density at radius 1 is 1.20 bits per heavy atom. The summed E-state index contributed by atoms with van der Waals surface area (Å²) >= 11 is 11.6. The summed E-state index contributed by atoms with van der Waals surface area (Å²) in [4.78, 5) is 23.1. The van der Waals surface area contributed by atoms with Crippen molar-refractivity contribution in [1.29, 1.82) is 0 Å². The molecule has 0 atom stereocenters. The van der Waals surface area contributed by atoms with Gasteiger partial charge < -0.3 is 15.4 Å². The maximum absolute atomic E-state index is 11.6. The van der Waals surface area contributed by atoms with E-state index < -0.39 is 11.8 Å². The molecule has 1 rings (SSSR count). The highest BCUT2D eigenvalue weighted by molar-refractivity contribution is 6.42. The summed E-state index contributed by atoms with van der Waals surface area (Å²) < 4.78 is 5.12. The molecule has 1 aromatic carbocycles. The van der Waals surface area contributed by atoms with Crippen molar-refractivity contribution >= 4 is 40.7 Å². The molecule has 2 N–H and O–H groups in total. The topological polar surface area (TPSA) is 67.4 Å². The monoisotopic (exact) mass is 318 g/mol. The predicted molar refractivity (Wildman–Crippen MR) is 79.2 cm³/mol. The minimum atomic E-state index is -0.750. The number of carbonyl (C=O) groups is 2. The number of nitrogens with one attached hydrogen (secondary N) is 2. The Balaban J connectivity index is 2.37. The Morgan fingerprint density at radius 2 is 1.95 bits per heavy atom. The van der Waals surface area contributed by atoms with Gasteiger partial charge in [-0.05, 0) is 31.5 Å². The van der Waals surface area contributed by atoms with E-state index in [1.807, 2.05) is 6.92 Å². The van der Waals surface area contributed by atoms with Gasteiger partial charge in [-0.2, -0.15) is 0 Å². The van der Waals surface area contributed by atoms with E-state index in [4.69, 9.17) is 27.9 Å². The number of carbonyl (C=O) groups excluding carboxylic acids is 2. The Bertz CT molecular complexity index is 481. The molecule has 0 radical (unpaired) electrons. The first-order chi connectivity index (χ1) is 9.54. The Hall–Kier alpha value is -1.30. The van der Waals surface area contributed by atoms with Crippen molar-refractivity contribution in [3.05, 3.63) is 28.2 Å². The van der Waals surface area contributed by atoms with Crippen LogP contribution in [0.25, 0.3) is 0 Å². The summed E-state index contributed by atoms with van der Waals surface area (Å²) in [6.45, 7) is 3.45. The van der Waals surface area contributed by atoms with E-state index in [1.54, 1.807) is 12.1 Å². The van der Waals surface area contributed by atoms with Gasteiger partial charge >= 0.3 is 11.8 Å². The van der Waals surface area contributed by atoms with Crippen molar-refractivity contribution in [3.8, 4) is 0 Å². The highest BCUT2D eigenvalue weighted by Crippen LogP contribution is 2.24. The quantitative estimate of drug-likeness (QED) is 0.625. The molecule has 1 aromatic rings. The second-order valence-electron chi connectivity index (χ2n) is 3.89. The zero-order valence-corrected chi connectivity index (χ0v) is 12.6. The Labute approximate surface area is 127 Å². The van der Waals surface area contributed by atoms with Crippen molar-refractivity contribution in [2.24, 2.45) is 0 Å². The first kappa shape index (κ1) is 16.8. The third kappa shape index (κ3) is 5.77. The van der Waals surface area contributed by atoms with Gasteiger partial charge in [0.1, 0.15) is 0 Å². The summed E-state index contributed by atoms with van der Waals surface area (Å²) in [5.74, 6) is -1.45. The van der Waals surface area contributed by atoms with Crippen molar-refractivity contribution in [2.75, 3.05) is 25.1 Å². The normalized spacial score (nSPS) is 10.2. The SMILES string of the molecule is CCOCCCNC(=O)C(=O)Nc1ccc(Cl)c(Cl)c1. The molecule has 0 fully saturated rings. The lowest BCUT2D eigenvalue weighted by Crippen LogP contribution is -2.36. The van der Waals surface area contributed by atoms with Crippen LogP contribution in [0.3, 0.4) is 0 Å². The highest BCUT2D eigenvalue weighted by atomic mass is 35.5. The van der Waals surface area contributed by atoms with Gasteiger partial charge in [0.15, 0.2) is 0 Å². The average Bonchev–Trinajstić information content (AvgIpc) is 2.42. The van der Waals surface area contributed by atoms with Gasteiger partial charge in [-0.15, -0.1) is 0 Å². The lowest BCUT2D eigenvalue weighted by molar-refractivity contribution is -0.136. The van der Waals surface area contributed by atoms with Crippen LogP contribution in [0.15, 0.2) is 18.2 Å². The van der Waals surface area contributed by atoms with E-state index >= 15 is 0 Å². The summed E-state index contributed by atoms with van der Waals surface area (Å²) in [5, 5.41) is 5.62. The second kappa shape index (κ2) is 8.79. The molecule has 0 spiro atoms. The van der Waals surface area contributed by atoms with Gasteiger partial charge in [0.25, 0.3) is 0 Å². The summed E-state index contributed by atoms with van der Waals surface area (Å²) in [5.41, 5.74) is 0.411. The Kier molecular flexibility index (Phi) is 7.36. The number of halogens is 2. The number of ether oxygens (including phenoxy) is 1. The van der Waals surface area contributed by atoms with E-state index in [9.17, 15) is 9.59 Å². The minimum Gasteiger partial charge on any atom is -0.382 e. The molecule has 20 heavy (non-hydrogen) atoms. The standard InChI is InChI=1S/C13H16Cl2N2O3/c1-2-20-7-3-6-16-12(18)13(19)17-9-4-5-10(14)11(15)8-9/h4-5,8H,2-3,6-7H2,1H3,(H,16,18)(H,17,19). The van der Waals surface area contributed by atoms with Gasteiger partial charge in [-0.3, -0.25) is 9.59 Å². The van der Waals surface area contributed by atoms with Crippen molar-refractivity contribution in [3.63, 3.8) is 0 Å². The number of anilines is 1. The molecule has 0 saturated heterocycles. The van der Waals surface area contributed by atoms with Crippen LogP contribution in [-0.2, 0) is 14.3 Å². The number of hydrogen-bond acceptors (Lipinski definition) is 3. The largest absolute Gasteiger partial charge is 0.382 e. The van der Waals surface area contributed by atoms with Gasteiger partial charge in [0.2, 0.25) is 0 Å². The molecule has 110 valence electrons. The molecule has 2 amide bonds. The van der Waals surface area contributed by atoms with Gasteiger partial charge in [0.05, 0.1) is 10.0 Å². The molecule has 0 aromatic heterocycles. The van der Waals surface area contributed by atoms with Crippen LogP contribution < -0.4 is 10.6 Å². The number of hydrogen-bond donors (Lipinski definition) is 2. The number of rotatable bonds is 6. The van der Waals surface area contributed by atoms with Crippen molar-refractivity contribution < 1.29 is 14.3 Å². The molecule has 5 nitrogen and oxygen atoms in total. The first-order valence-corrected chi connectivity index (χ1v) is 6.92. The third-order valence-corrected chi connectivity index (χ3v) is 3.08. The maximum atomic E-state index is 11.6. The van der Waals surface area contributed by atoms with E-state index in [1.165, 1.54) is 6.07 Å². The van der Waals surface area contributed by atoms with Crippen LogP contribution in [-0.4, -0.2) is 31.6 Å². The zero-order valence-electron chi connectivity index (χ0n) is 11.0. The molecule has 0 unspecified atom stereocenters. The molecule has 0 heterocycles. The van der Waals surface area contributed by atoms with Crippen molar-refractivity contribution in [1.82, 2.24) is 5.32 Å². The average molecular weight is 319 g/mol. The molecule has 0 aliphatic heterocycles. The summed E-state index contributed by atoms with van der Waals surface area (Å²) in [7, 11) is 0. The molecule has 0 bridgehead atoms. The van der Waals surface area contributed by atoms with Crippen LogP contribution in [0, 0.1) is 0 Å². The van der Waals surface area contributed by atoms with Gasteiger partial charge in [0, 0.05) is 25.4 Å². The smallest absolute Gasteiger partial charge is 0.313 e. The summed E-state index contributed by atoms with van der Waals surface area (Å²) in [6, 6.07) is 4.58. The fourth-order valence-electron chi connectivity index (χ4n) is 1.36. The summed E-state index contributed by atoms with van der Waals surface area (Å²) in [6.07, 6.45) is 0.652. The van der Waals surface area contributed by atoms with Crippen LogP contribution >= 0.6 is 23.2 Å². The predicted octanol–water partition coefficient (Wildman–Crippen LogP) is 2.47. The van der Waals surface area contributed by atoms with E-state index in [-0.39, 0.29) is 0 Å². The fourth-order valence-corrected chi connectivity index (χ4v) is 1.66. The lowest BCUT2D eigenvalue weighted by Gasteiger charge is -2.07. The van der Waals surface area contributed by atoms with Crippen LogP contribution in [0.2, 0.25) is 10.0 Å². The van der Waals surface area contributed by atoms with Gasteiger partial charge in [-0.1, -0.05) is 23.2 Å². The minimum absolute atomic E-state index is 0.307. The lowest BCUT2D eigenvalue weighted by atomic mass is 10.3. The van der Waals surface area contributed by atoms with Crippen molar-refractivity contribution in [2.45, 2.75) is 13.3 Å². The Morgan fingerprint density at radius 3 is 2.60 bits per heavy atom. The fraction of sp³-hybridized carbons (Fsp3) is 0.385. The maximum Gasteiger partial charge on any atom is 0.313 e. The van der Waals surface area contributed by atoms with Crippen LogP contribution in [0.1, 0.15) is 13.3 Å². The second-order valence-corrected chi connectivity index (χ2v) is 4.70. The zero-order chi connectivity index (χ0) is 15.0. The molecule has 0 aliphatic carbocycles. The molecule has 7 heteroatoms. The van der Waals surface area contributed by atoms with E-state index in [2.05, 4.69) is 10.6 Å². The first-order valence-electron chi connectivity index (χ1n) is 6.16. The number of amides is 2. The highest BCUT2D eigenvalue weighted by Gasteiger charge is 2.13.